The van der Waals surface area contributed by atoms with Crippen LogP contribution in [0.15, 0.2) is 18.2 Å². The minimum Gasteiger partial charge on any atom is -0.394 e. The minimum atomic E-state index is -0.442. The van der Waals surface area contributed by atoms with Crippen molar-refractivity contribution in [2.45, 2.75) is 13.0 Å². The number of Topliss-reactive ketones (excluding diaryl/α,β-unsaturated/α-hetero) is 1. The minimum absolute atomic E-state index is 0.0894. The smallest absolute Gasteiger partial charge is 0.159 e. The van der Waals surface area contributed by atoms with Gasteiger partial charge in [-0.05, 0) is 25.1 Å². The first-order chi connectivity index (χ1) is 8.63. The van der Waals surface area contributed by atoms with Gasteiger partial charge < -0.3 is 14.7 Å². The van der Waals surface area contributed by atoms with E-state index in [1.54, 1.807) is 17.0 Å². The maximum absolute atomic E-state index is 14.0. The van der Waals surface area contributed by atoms with E-state index in [1.165, 1.54) is 13.0 Å². The van der Waals surface area contributed by atoms with E-state index < -0.39 is 5.82 Å². The van der Waals surface area contributed by atoms with Crippen LogP contribution in [0.1, 0.15) is 17.3 Å². The molecule has 0 spiro atoms. The molecule has 0 saturated carbocycles. The summed E-state index contributed by atoms with van der Waals surface area (Å²) in [5, 5.41) is 9.26. The van der Waals surface area contributed by atoms with E-state index in [4.69, 9.17) is 4.74 Å². The highest BCUT2D eigenvalue weighted by Crippen LogP contribution is 2.24. The van der Waals surface area contributed by atoms with Gasteiger partial charge in [-0.25, -0.2) is 4.39 Å². The second kappa shape index (κ2) is 5.46. The summed E-state index contributed by atoms with van der Waals surface area (Å²) in [6.07, 6.45) is 0. The predicted molar refractivity (Wildman–Crippen MR) is 65.4 cm³/mol. The van der Waals surface area contributed by atoms with Crippen LogP contribution in [0.3, 0.4) is 0 Å². The van der Waals surface area contributed by atoms with E-state index in [2.05, 4.69) is 0 Å². The average Bonchev–Trinajstić information content (AvgIpc) is 2.38. The van der Waals surface area contributed by atoms with E-state index in [-0.39, 0.29) is 18.4 Å². The highest BCUT2D eigenvalue weighted by molar-refractivity contribution is 5.94. The maximum atomic E-state index is 14.0. The number of rotatable bonds is 3. The van der Waals surface area contributed by atoms with Crippen molar-refractivity contribution in [3.63, 3.8) is 0 Å². The summed E-state index contributed by atoms with van der Waals surface area (Å²) in [5.74, 6) is -0.607. The SMILES string of the molecule is CC(=O)c1ccc(N2CCOCC2CO)c(F)c1. The Balaban J connectivity index is 2.29. The first-order valence-electron chi connectivity index (χ1n) is 5.89. The molecule has 98 valence electrons. The van der Waals surface area contributed by atoms with E-state index in [9.17, 15) is 14.3 Å². The predicted octanol–water partition coefficient (Wildman–Crippen LogP) is 1.23. The molecule has 1 heterocycles. The number of nitrogens with zero attached hydrogens (tertiary/aromatic N) is 1. The zero-order valence-electron chi connectivity index (χ0n) is 10.2. The van der Waals surface area contributed by atoms with Crippen LogP contribution in [0.5, 0.6) is 0 Å². The third kappa shape index (κ3) is 2.52. The van der Waals surface area contributed by atoms with Crippen molar-refractivity contribution in [3.05, 3.63) is 29.6 Å². The molecule has 0 bridgehead atoms. The van der Waals surface area contributed by atoms with E-state index in [1.807, 2.05) is 0 Å². The second-order valence-electron chi connectivity index (χ2n) is 4.33. The van der Waals surface area contributed by atoms with Crippen molar-refractivity contribution >= 4 is 11.5 Å². The molecule has 1 aliphatic rings. The number of ether oxygens (including phenoxy) is 1. The second-order valence-corrected chi connectivity index (χ2v) is 4.33. The molecule has 1 N–H and O–H groups in total. The molecule has 1 atom stereocenters. The van der Waals surface area contributed by atoms with Crippen molar-refractivity contribution in [2.75, 3.05) is 31.3 Å². The topological polar surface area (TPSA) is 49.8 Å². The van der Waals surface area contributed by atoms with E-state index in [0.29, 0.717) is 31.0 Å². The van der Waals surface area contributed by atoms with Crippen LogP contribution < -0.4 is 4.90 Å². The molecule has 1 aromatic carbocycles. The highest BCUT2D eigenvalue weighted by Gasteiger charge is 2.24. The summed E-state index contributed by atoms with van der Waals surface area (Å²) >= 11 is 0. The number of hydrogen-bond donors (Lipinski definition) is 1. The van der Waals surface area contributed by atoms with E-state index >= 15 is 0 Å². The quantitative estimate of drug-likeness (QED) is 0.823. The number of aliphatic hydroxyl groups is 1. The van der Waals surface area contributed by atoms with E-state index in [0.717, 1.165) is 0 Å². The highest BCUT2D eigenvalue weighted by atomic mass is 19.1. The van der Waals surface area contributed by atoms with Gasteiger partial charge in [0.25, 0.3) is 0 Å². The molecule has 1 unspecified atom stereocenters. The Bertz CT molecular complexity index is 450. The number of ketones is 1. The Morgan fingerprint density at radius 1 is 1.61 bits per heavy atom. The van der Waals surface area contributed by atoms with Gasteiger partial charge in [0, 0.05) is 12.1 Å². The fourth-order valence-electron chi connectivity index (χ4n) is 2.08. The lowest BCUT2D eigenvalue weighted by Crippen LogP contribution is -2.48. The molecule has 0 aliphatic carbocycles. The van der Waals surface area contributed by atoms with Crippen molar-refractivity contribution in [1.82, 2.24) is 0 Å². The third-order valence-electron chi connectivity index (χ3n) is 3.10. The molecule has 0 amide bonds. The summed E-state index contributed by atoms with van der Waals surface area (Å²) in [4.78, 5) is 12.9. The van der Waals surface area contributed by atoms with Crippen LogP contribution in [-0.2, 0) is 4.74 Å². The lowest BCUT2D eigenvalue weighted by molar-refractivity contribution is 0.0723. The Morgan fingerprint density at radius 2 is 2.39 bits per heavy atom. The molecule has 1 aromatic rings. The molecule has 1 saturated heterocycles. The van der Waals surface area contributed by atoms with Gasteiger partial charge in [-0.3, -0.25) is 4.79 Å². The fraction of sp³-hybridized carbons (Fsp3) is 0.462. The summed E-state index contributed by atoms with van der Waals surface area (Å²) in [5.41, 5.74) is 0.757. The lowest BCUT2D eigenvalue weighted by atomic mass is 10.1. The molecule has 0 aromatic heterocycles. The van der Waals surface area contributed by atoms with Crippen LogP contribution in [-0.4, -0.2) is 43.3 Å². The van der Waals surface area contributed by atoms with Gasteiger partial charge in [0.1, 0.15) is 5.82 Å². The Labute approximate surface area is 105 Å². The van der Waals surface area contributed by atoms with Crippen molar-refractivity contribution in [3.8, 4) is 0 Å². The van der Waals surface area contributed by atoms with Gasteiger partial charge in [-0.15, -0.1) is 0 Å². The van der Waals surface area contributed by atoms with Crippen LogP contribution in [0, 0.1) is 5.82 Å². The summed E-state index contributed by atoms with van der Waals surface area (Å²) < 4.78 is 19.2. The van der Waals surface area contributed by atoms with Crippen molar-refractivity contribution in [1.29, 1.82) is 0 Å². The summed E-state index contributed by atoms with van der Waals surface area (Å²) in [6.45, 7) is 2.73. The lowest BCUT2D eigenvalue weighted by Gasteiger charge is -2.36. The number of hydrogen-bond acceptors (Lipinski definition) is 4. The van der Waals surface area contributed by atoms with Crippen molar-refractivity contribution in [2.24, 2.45) is 0 Å². The molecule has 1 fully saturated rings. The van der Waals surface area contributed by atoms with Gasteiger partial charge in [-0.1, -0.05) is 0 Å². The van der Waals surface area contributed by atoms with Gasteiger partial charge in [0.05, 0.1) is 31.5 Å². The summed E-state index contributed by atoms with van der Waals surface area (Å²) in [6, 6.07) is 4.18. The van der Waals surface area contributed by atoms with Crippen molar-refractivity contribution < 1.29 is 19.0 Å². The molecule has 2 rings (SSSR count). The Morgan fingerprint density at radius 3 is 3.00 bits per heavy atom. The molecule has 0 radical (unpaired) electrons. The van der Waals surface area contributed by atoms with Gasteiger partial charge >= 0.3 is 0 Å². The van der Waals surface area contributed by atoms with Crippen LogP contribution in [0.2, 0.25) is 0 Å². The number of morpholine rings is 1. The molecule has 18 heavy (non-hydrogen) atoms. The monoisotopic (exact) mass is 253 g/mol. The first-order valence-corrected chi connectivity index (χ1v) is 5.89. The largest absolute Gasteiger partial charge is 0.394 e. The number of carbonyl (C=O) groups is 1. The molecule has 5 heteroatoms. The van der Waals surface area contributed by atoms with Crippen LogP contribution >= 0.6 is 0 Å². The molecular weight excluding hydrogens is 237 g/mol. The van der Waals surface area contributed by atoms with Crippen LogP contribution in [0.25, 0.3) is 0 Å². The zero-order valence-corrected chi connectivity index (χ0v) is 10.2. The number of aliphatic hydroxyl groups excluding tert-OH is 1. The van der Waals surface area contributed by atoms with Gasteiger partial charge in [-0.2, -0.15) is 0 Å². The van der Waals surface area contributed by atoms with Gasteiger partial charge in [0.15, 0.2) is 5.78 Å². The number of halogens is 1. The van der Waals surface area contributed by atoms with Gasteiger partial charge in [0.2, 0.25) is 0 Å². The molecule has 1 aliphatic heterocycles. The van der Waals surface area contributed by atoms with Crippen LogP contribution in [0.4, 0.5) is 10.1 Å². The molecule has 4 nitrogen and oxygen atoms in total. The fourth-order valence-corrected chi connectivity index (χ4v) is 2.08. The standard InChI is InChI=1S/C13H16FNO3/c1-9(17)10-2-3-13(12(14)6-10)15-4-5-18-8-11(15)7-16/h2-3,6,11,16H,4-5,7-8H2,1H3. The number of carbonyl (C=O) groups excluding carboxylic acids is 1. The maximum Gasteiger partial charge on any atom is 0.159 e. The number of benzene rings is 1. The summed E-state index contributed by atoms with van der Waals surface area (Å²) in [7, 11) is 0. The third-order valence-corrected chi connectivity index (χ3v) is 3.10. The Hall–Kier alpha value is -1.46. The first kappa shape index (κ1) is 13.0. The molecular formula is C13H16FNO3. The normalized spacial score (nSPS) is 19.9. The average molecular weight is 253 g/mol. The Kier molecular flexibility index (Phi) is 3.93. The number of anilines is 1. The zero-order chi connectivity index (χ0) is 13.1.